The number of aryl methyl sites for hydroxylation is 1. The highest BCUT2D eigenvalue weighted by Gasteiger charge is 2.31. The number of aromatic nitrogens is 3. The van der Waals surface area contributed by atoms with Gasteiger partial charge in [-0.1, -0.05) is 0 Å². The molecule has 1 fully saturated rings. The van der Waals surface area contributed by atoms with Crippen LogP contribution in [0.3, 0.4) is 0 Å². The topological polar surface area (TPSA) is 68.1 Å². The molecule has 0 aliphatic carbocycles. The third kappa shape index (κ3) is 2.76. The minimum atomic E-state index is -3.56. The van der Waals surface area contributed by atoms with Crippen molar-refractivity contribution in [2.45, 2.75) is 23.7 Å². The maximum absolute atomic E-state index is 12.9. The van der Waals surface area contributed by atoms with Crippen molar-refractivity contribution in [2.24, 2.45) is 7.05 Å². The van der Waals surface area contributed by atoms with Crippen LogP contribution in [0, 0.1) is 5.82 Å². The summed E-state index contributed by atoms with van der Waals surface area (Å²) in [6.45, 7) is 0.856. The summed E-state index contributed by atoms with van der Waals surface area (Å²) < 4.78 is 41.3. The van der Waals surface area contributed by atoms with Crippen molar-refractivity contribution in [3.05, 3.63) is 42.2 Å². The molecule has 0 saturated carbocycles. The maximum Gasteiger partial charge on any atom is 0.243 e. The summed E-state index contributed by atoms with van der Waals surface area (Å²) in [7, 11) is -1.67. The van der Waals surface area contributed by atoms with E-state index in [-0.39, 0.29) is 10.8 Å². The van der Waals surface area contributed by atoms with Gasteiger partial charge in [0.05, 0.1) is 4.90 Å². The zero-order valence-corrected chi connectivity index (χ0v) is 13.0. The fraction of sp³-hybridized carbons (Fsp3) is 0.429. The lowest BCUT2D eigenvalue weighted by atomic mass is 9.97. The standard InChI is InChI=1S/C14H17FN4O2S/c1-18-10-16-17-14(18)11-6-8-19(9-7-11)22(20,21)13-4-2-12(15)3-5-13/h2-5,10-11H,6-9H2,1H3. The number of halogens is 1. The van der Waals surface area contributed by atoms with Gasteiger partial charge in [0.25, 0.3) is 0 Å². The molecule has 1 saturated heterocycles. The summed E-state index contributed by atoms with van der Waals surface area (Å²) in [5.74, 6) is 0.658. The largest absolute Gasteiger partial charge is 0.320 e. The molecule has 1 aromatic heterocycles. The number of hydrogen-bond donors (Lipinski definition) is 0. The Bertz CT molecular complexity index is 749. The lowest BCUT2D eigenvalue weighted by Crippen LogP contribution is -2.38. The molecule has 0 bridgehead atoms. The summed E-state index contributed by atoms with van der Waals surface area (Å²) in [4.78, 5) is 0.131. The van der Waals surface area contributed by atoms with Crippen LogP contribution in [0.25, 0.3) is 0 Å². The Morgan fingerprint density at radius 3 is 2.36 bits per heavy atom. The molecule has 1 aliphatic heterocycles. The van der Waals surface area contributed by atoms with Crippen LogP contribution in [0.1, 0.15) is 24.6 Å². The van der Waals surface area contributed by atoms with Crippen molar-refractivity contribution in [3.63, 3.8) is 0 Å². The Kier molecular flexibility index (Phi) is 3.96. The number of hydrogen-bond acceptors (Lipinski definition) is 4. The van der Waals surface area contributed by atoms with Gasteiger partial charge >= 0.3 is 0 Å². The molecule has 2 heterocycles. The first-order valence-corrected chi connectivity index (χ1v) is 8.52. The molecule has 0 spiro atoms. The van der Waals surface area contributed by atoms with E-state index in [0.717, 1.165) is 5.82 Å². The third-order valence-corrected chi connectivity index (χ3v) is 5.93. The molecular formula is C14H17FN4O2S. The zero-order valence-electron chi connectivity index (χ0n) is 12.2. The predicted octanol–water partition coefficient (Wildman–Crippen LogP) is 1.52. The highest BCUT2D eigenvalue weighted by molar-refractivity contribution is 7.89. The van der Waals surface area contributed by atoms with Crippen molar-refractivity contribution in [1.29, 1.82) is 0 Å². The van der Waals surface area contributed by atoms with Crippen LogP contribution >= 0.6 is 0 Å². The first-order chi connectivity index (χ1) is 10.5. The van der Waals surface area contributed by atoms with E-state index in [0.29, 0.717) is 25.9 Å². The molecular weight excluding hydrogens is 307 g/mol. The van der Waals surface area contributed by atoms with Crippen molar-refractivity contribution in [2.75, 3.05) is 13.1 Å². The molecule has 3 rings (SSSR count). The van der Waals surface area contributed by atoms with Gasteiger partial charge in [-0.15, -0.1) is 10.2 Å². The highest BCUT2D eigenvalue weighted by Crippen LogP contribution is 2.29. The number of benzene rings is 1. The van der Waals surface area contributed by atoms with Gasteiger partial charge in [-0.25, -0.2) is 12.8 Å². The Morgan fingerprint density at radius 1 is 1.18 bits per heavy atom. The van der Waals surface area contributed by atoms with E-state index in [1.165, 1.54) is 28.6 Å². The molecule has 22 heavy (non-hydrogen) atoms. The van der Waals surface area contributed by atoms with E-state index in [1.54, 1.807) is 6.33 Å². The van der Waals surface area contributed by atoms with E-state index in [4.69, 9.17) is 0 Å². The van der Waals surface area contributed by atoms with E-state index in [2.05, 4.69) is 10.2 Å². The quantitative estimate of drug-likeness (QED) is 0.858. The monoisotopic (exact) mass is 324 g/mol. The fourth-order valence-corrected chi connectivity index (χ4v) is 4.24. The Balaban J connectivity index is 1.73. The first kappa shape index (κ1) is 15.1. The summed E-state index contributed by atoms with van der Waals surface area (Å²) in [6.07, 6.45) is 3.05. The van der Waals surface area contributed by atoms with Crippen molar-refractivity contribution >= 4 is 10.0 Å². The molecule has 8 heteroatoms. The SMILES string of the molecule is Cn1cnnc1C1CCN(S(=O)(=O)c2ccc(F)cc2)CC1. The molecule has 118 valence electrons. The molecule has 1 aliphatic rings. The number of piperidine rings is 1. The zero-order chi connectivity index (χ0) is 15.7. The van der Waals surface area contributed by atoms with E-state index < -0.39 is 15.8 Å². The van der Waals surface area contributed by atoms with Crippen LogP contribution in [0.2, 0.25) is 0 Å². The maximum atomic E-state index is 12.9. The van der Waals surface area contributed by atoms with E-state index >= 15 is 0 Å². The lowest BCUT2D eigenvalue weighted by molar-refractivity contribution is 0.310. The summed E-state index contributed by atoms with van der Waals surface area (Å²) in [5.41, 5.74) is 0. The highest BCUT2D eigenvalue weighted by atomic mass is 32.2. The molecule has 0 radical (unpaired) electrons. The summed E-state index contributed by atoms with van der Waals surface area (Å²) >= 11 is 0. The van der Waals surface area contributed by atoms with Crippen LogP contribution in [0.5, 0.6) is 0 Å². The Labute approximate surface area is 128 Å². The molecule has 6 nitrogen and oxygen atoms in total. The molecule has 0 N–H and O–H groups in total. The molecule has 0 atom stereocenters. The molecule has 2 aromatic rings. The average Bonchev–Trinajstić information content (AvgIpc) is 2.94. The smallest absolute Gasteiger partial charge is 0.243 e. The van der Waals surface area contributed by atoms with E-state index in [1.807, 2.05) is 11.6 Å². The molecule has 0 amide bonds. The van der Waals surface area contributed by atoms with Crippen molar-refractivity contribution in [3.8, 4) is 0 Å². The van der Waals surface area contributed by atoms with E-state index in [9.17, 15) is 12.8 Å². The van der Waals surface area contributed by atoms with Gasteiger partial charge in [0.15, 0.2) is 0 Å². The van der Waals surface area contributed by atoms with Crippen LogP contribution in [0.4, 0.5) is 4.39 Å². The van der Waals surface area contributed by atoms with Gasteiger partial charge in [-0.2, -0.15) is 4.31 Å². The van der Waals surface area contributed by atoms with Gasteiger partial charge in [-0.3, -0.25) is 0 Å². The number of rotatable bonds is 3. The van der Waals surface area contributed by atoms with Crippen molar-refractivity contribution < 1.29 is 12.8 Å². The van der Waals surface area contributed by atoms with Crippen LogP contribution in [-0.2, 0) is 17.1 Å². The molecule has 0 unspecified atom stereocenters. The number of sulfonamides is 1. The fourth-order valence-electron chi connectivity index (χ4n) is 2.77. The van der Waals surface area contributed by atoms with Crippen molar-refractivity contribution in [1.82, 2.24) is 19.1 Å². The van der Waals surface area contributed by atoms with Crippen LogP contribution in [-0.4, -0.2) is 40.6 Å². The second-order valence-corrected chi connectivity index (χ2v) is 7.37. The van der Waals surface area contributed by atoms with Gasteiger partial charge in [0, 0.05) is 26.1 Å². The minimum absolute atomic E-state index is 0.131. The minimum Gasteiger partial charge on any atom is -0.320 e. The Morgan fingerprint density at radius 2 is 1.82 bits per heavy atom. The average molecular weight is 324 g/mol. The summed E-state index contributed by atoms with van der Waals surface area (Å²) in [5, 5.41) is 7.96. The van der Waals surface area contributed by atoms with Gasteiger partial charge < -0.3 is 4.57 Å². The van der Waals surface area contributed by atoms with Crippen LogP contribution in [0.15, 0.2) is 35.5 Å². The predicted molar refractivity (Wildman–Crippen MR) is 78.1 cm³/mol. The lowest BCUT2D eigenvalue weighted by Gasteiger charge is -2.30. The van der Waals surface area contributed by atoms with Crippen LogP contribution < -0.4 is 0 Å². The second kappa shape index (κ2) is 5.77. The third-order valence-electron chi connectivity index (χ3n) is 4.02. The number of nitrogens with zero attached hydrogens (tertiary/aromatic N) is 4. The Hall–Kier alpha value is -1.80. The first-order valence-electron chi connectivity index (χ1n) is 7.08. The van der Waals surface area contributed by atoms with Gasteiger partial charge in [-0.05, 0) is 37.1 Å². The summed E-state index contributed by atoms with van der Waals surface area (Å²) in [6, 6.07) is 4.94. The van der Waals surface area contributed by atoms with Gasteiger partial charge in [0.1, 0.15) is 18.0 Å². The normalized spacial score (nSPS) is 17.7. The molecule has 1 aromatic carbocycles. The second-order valence-electron chi connectivity index (χ2n) is 5.43. The van der Waals surface area contributed by atoms with Gasteiger partial charge in [0.2, 0.25) is 10.0 Å².